The molecule has 3 N–H and O–H groups in total. The summed E-state index contributed by atoms with van der Waals surface area (Å²) in [5.41, 5.74) is 5.73. The quantitative estimate of drug-likeness (QED) is 0.681. The first kappa shape index (κ1) is 14.8. The number of nitrogens with zero attached hydrogens (tertiary/aromatic N) is 1. The Kier molecular flexibility index (Phi) is 3.85. The van der Waals surface area contributed by atoms with Gasteiger partial charge in [0.25, 0.3) is 0 Å². The van der Waals surface area contributed by atoms with Gasteiger partial charge in [0.1, 0.15) is 5.65 Å². The summed E-state index contributed by atoms with van der Waals surface area (Å²) in [4.78, 5) is 18.1. The Morgan fingerprint density at radius 2 is 2.17 bits per heavy atom. The van der Waals surface area contributed by atoms with Crippen molar-refractivity contribution in [3.8, 4) is 11.1 Å². The number of rotatable bonds is 4. The number of aromatic nitrogens is 2. The minimum absolute atomic E-state index is 0.258. The highest BCUT2D eigenvalue weighted by atomic mass is 16.4. The van der Waals surface area contributed by atoms with Crippen molar-refractivity contribution in [2.24, 2.45) is 0 Å². The largest absolute Gasteiger partial charge is 0.465 e. The third kappa shape index (κ3) is 2.94. The maximum absolute atomic E-state index is 10.7. The number of hydrogen-bond donors (Lipinski definition) is 3. The third-order valence-corrected chi connectivity index (χ3v) is 3.77. The SMILES string of the molecule is C=C(C)c1cc(-c2ccnc3[nH]ccc23)ccc1CNC(=O)O. The van der Waals surface area contributed by atoms with Gasteiger partial charge in [0.15, 0.2) is 0 Å². The molecule has 0 unspecified atom stereocenters. The molecule has 1 aromatic carbocycles. The van der Waals surface area contributed by atoms with E-state index in [1.807, 2.05) is 43.5 Å². The van der Waals surface area contributed by atoms with E-state index in [-0.39, 0.29) is 6.54 Å². The van der Waals surface area contributed by atoms with E-state index in [0.29, 0.717) is 0 Å². The average Bonchev–Trinajstić information content (AvgIpc) is 3.01. The van der Waals surface area contributed by atoms with E-state index in [9.17, 15) is 4.79 Å². The molecule has 116 valence electrons. The molecule has 2 heterocycles. The number of carbonyl (C=O) groups is 1. The molecule has 3 aromatic rings. The number of nitrogens with one attached hydrogen (secondary N) is 2. The Bertz CT molecular complexity index is 896. The van der Waals surface area contributed by atoms with Crippen molar-refractivity contribution < 1.29 is 9.90 Å². The monoisotopic (exact) mass is 307 g/mol. The molecule has 1 amide bonds. The van der Waals surface area contributed by atoms with Gasteiger partial charge in [-0.1, -0.05) is 24.3 Å². The Labute approximate surface area is 133 Å². The van der Waals surface area contributed by atoms with Crippen LogP contribution in [0.4, 0.5) is 4.79 Å². The molecule has 0 atom stereocenters. The summed E-state index contributed by atoms with van der Waals surface area (Å²) in [6.07, 6.45) is 2.60. The van der Waals surface area contributed by atoms with E-state index in [0.717, 1.165) is 38.9 Å². The Balaban J connectivity index is 2.07. The van der Waals surface area contributed by atoms with Gasteiger partial charge >= 0.3 is 6.09 Å². The zero-order valence-corrected chi connectivity index (χ0v) is 12.8. The van der Waals surface area contributed by atoms with Crippen LogP contribution in [-0.4, -0.2) is 21.2 Å². The summed E-state index contributed by atoms with van der Waals surface area (Å²) in [5, 5.41) is 12.2. The molecule has 23 heavy (non-hydrogen) atoms. The van der Waals surface area contributed by atoms with Crippen LogP contribution in [0.5, 0.6) is 0 Å². The Hall–Kier alpha value is -3.08. The van der Waals surface area contributed by atoms with E-state index in [4.69, 9.17) is 5.11 Å². The average molecular weight is 307 g/mol. The maximum atomic E-state index is 10.7. The van der Waals surface area contributed by atoms with E-state index in [2.05, 4.69) is 21.9 Å². The minimum atomic E-state index is -1.04. The number of amides is 1. The van der Waals surface area contributed by atoms with Gasteiger partial charge in [0, 0.05) is 24.3 Å². The molecule has 0 aliphatic rings. The number of carboxylic acid groups (broad SMARTS) is 1. The van der Waals surface area contributed by atoms with Crippen molar-refractivity contribution >= 4 is 22.7 Å². The molecule has 0 aliphatic carbocycles. The molecule has 0 aliphatic heterocycles. The molecule has 3 rings (SSSR count). The first-order valence-corrected chi connectivity index (χ1v) is 7.24. The lowest BCUT2D eigenvalue weighted by Crippen LogP contribution is -2.20. The first-order chi connectivity index (χ1) is 11.1. The molecule has 5 nitrogen and oxygen atoms in total. The van der Waals surface area contributed by atoms with Crippen LogP contribution in [0.3, 0.4) is 0 Å². The zero-order valence-electron chi connectivity index (χ0n) is 12.8. The van der Waals surface area contributed by atoms with Crippen molar-refractivity contribution in [1.29, 1.82) is 0 Å². The van der Waals surface area contributed by atoms with Crippen LogP contribution < -0.4 is 5.32 Å². The molecule has 0 saturated heterocycles. The predicted octanol–water partition coefficient (Wildman–Crippen LogP) is 4.03. The normalized spacial score (nSPS) is 10.7. The van der Waals surface area contributed by atoms with Crippen molar-refractivity contribution in [1.82, 2.24) is 15.3 Å². The van der Waals surface area contributed by atoms with Crippen LogP contribution in [0, 0.1) is 0 Å². The zero-order chi connectivity index (χ0) is 16.4. The van der Waals surface area contributed by atoms with E-state index in [1.165, 1.54) is 0 Å². The van der Waals surface area contributed by atoms with Crippen LogP contribution in [0.1, 0.15) is 18.1 Å². The van der Waals surface area contributed by atoms with Crippen molar-refractivity contribution in [2.45, 2.75) is 13.5 Å². The Morgan fingerprint density at radius 1 is 1.35 bits per heavy atom. The summed E-state index contributed by atoms with van der Waals surface area (Å²) in [6.45, 7) is 6.18. The minimum Gasteiger partial charge on any atom is -0.465 e. The summed E-state index contributed by atoms with van der Waals surface area (Å²) in [6, 6.07) is 9.95. The highest BCUT2D eigenvalue weighted by molar-refractivity contribution is 5.93. The van der Waals surface area contributed by atoms with Gasteiger partial charge in [-0.25, -0.2) is 9.78 Å². The van der Waals surface area contributed by atoms with Crippen LogP contribution in [0.2, 0.25) is 0 Å². The summed E-state index contributed by atoms with van der Waals surface area (Å²) >= 11 is 0. The molecule has 0 fully saturated rings. The van der Waals surface area contributed by atoms with Gasteiger partial charge < -0.3 is 15.4 Å². The predicted molar refractivity (Wildman–Crippen MR) is 91.1 cm³/mol. The van der Waals surface area contributed by atoms with Crippen molar-refractivity contribution in [2.75, 3.05) is 0 Å². The number of pyridine rings is 1. The molecule has 0 saturated carbocycles. The van der Waals surface area contributed by atoms with E-state index in [1.54, 1.807) is 6.20 Å². The van der Waals surface area contributed by atoms with Gasteiger partial charge in [-0.15, -0.1) is 0 Å². The number of aromatic amines is 1. The fourth-order valence-electron chi connectivity index (χ4n) is 2.68. The van der Waals surface area contributed by atoms with Gasteiger partial charge in [-0.3, -0.25) is 0 Å². The van der Waals surface area contributed by atoms with Gasteiger partial charge in [-0.05, 0) is 47.4 Å². The molecular weight excluding hydrogens is 290 g/mol. The lowest BCUT2D eigenvalue weighted by atomic mass is 9.95. The summed E-state index contributed by atoms with van der Waals surface area (Å²) in [7, 11) is 0. The summed E-state index contributed by atoms with van der Waals surface area (Å²) in [5.74, 6) is 0. The van der Waals surface area contributed by atoms with Crippen LogP contribution in [-0.2, 0) is 6.54 Å². The molecule has 5 heteroatoms. The lowest BCUT2D eigenvalue weighted by molar-refractivity contribution is 0.194. The Morgan fingerprint density at radius 3 is 2.91 bits per heavy atom. The van der Waals surface area contributed by atoms with Crippen LogP contribution >= 0.6 is 0 Å². The topological polar surface area (TPSA) is 78.0 Å². The van der Waals surface area contributed by atoms with E-state index < -0.39 is 6.09 Å². The van der Waals surface area contributed by atoms with Gasteiger partial charge in [-0.2, -0.15) is 0 Å². The van der Waals surface area contributed by atoms with Crippen molar-refractivity contribution in [3.63, 3.8) is 0 Å². The number of H-pyrrole nitrogens is 1. The molecule has 0 spiro atoms. The third-order valence-electron chi connectivity index (χ3n) is 3.77. The van der Waals surface area contributed by atoms with Crippen molar-refractivity contribution in [3.05, 3.63) is 60.4 Å². The lowest BCUT2D eigenvalue weighted by Gasteiger charge is -2.12. The standard InChI is InChI=1S/C18H17N3O2/c1-11(2)16-9-12(3-4-13(16)10-21-18(22)23)14-5-7-19-17-15(14)6-8-20-17/h3-9,21H,1,10H2,2H3,(H,19,20)(H,22,23). The smallest absolute Gasteiger partial charge is 0.404 e. The number of fused-ring (bicyclic) bond motifs is 1. The number of allylic oxidation sites excluding steroid dienone is 1. The highest BCUT2D eigenvalue weighted by Gasteiger charge is 2.10. The fourth-order valence-corrected chi connectivity index (χ4v) is 2.68. The molecule has 2 aromatic heterocycles. The number of benzene rings is 1. The molecule has 0 bridgehead atoms. The maximum Gasteiger partial charge on any atom is 0.404 e. The van der Waals surface area contributed by atoms with Crippen LogP contribution in [0.15, 0.2) is 49.3 Å². The second-order valence-corrected chi connectivity index (χ2v) is 5.41. The van der Waals surface area contributed by atoms with Crippen LogP contribution in [0.25, 0.3) is 27.7 Å². The fraction of sp³-hybridized carbons (Fsp3) is 0.111. The second-order valence-electron chi connectivity index (χ2n) is 5.41. The first-order valence-electron chi connectivity index (χ1n) is 7.24. The molecule has 0 radical (unpaired) electrons. The van der Waals surface area contributed by atoms with E-state index >= 15 is 0 Å². The van der Waals surface area contributed by atoms with Gasteiger partial charge in [0.2, 0.25) is 0 Å². The summed E-state index contributed by atoms with van der Waals surface area (Å²) < 4.78 is 0. The molecular formula is C18H17N3O2. The second kappa shape index (κ2) is 5.96. The van der Waals surface area contributed by atoms with Gasteiger partial charge in [0.05, 0.1) is 0 Å². The number of hydrogen-bond acceptors (Lipinski definition) is 2. The highest BCUT2D eigenvalue weighted by Crippen LogP contribution is 2.30.